The first-order chi connectivity index (χ1) is 11.8. The van der Waals surface area contributed by atoms with E-state index in [1.807, 2.05) is 0 Å². The third-order valence-electron chi connectivity index (χ3n) is 3.24. The van der Waals surface area contributed by atoms with Gasteiger partial charge in [0, 0.05) is 64.1 Å². The summed E-state index contributed by atoms with van der Waals surface area (Å²) in [7, 11) is -8.21. The Bertz CT molecular complexity index is 696. The van der Waals surface area contributed by atoms with Crippen molar-refractivity contribution in [2.45, 2.75) is 42.7 Å². The number of hydrogen-bond acceptors (Lipinski definition) is 12. The number of ether oxygens (including phenoxy) is 1. The van der Waals surface area contributed by atoms with Gasteiger partial charge in [-0.05, 0) is 6.42 Å². The van der Waals surface area contributed by atoms with Crippen LogP contribution in [0.1, 0.15) is 12.8 Å². The first-order valence-corrected chi connectivity index (χ1v) is 11.5. The van der Waals surface area contributed by atoms with Gasteiger partial charge in [0.25, 0.3) is 0 Å². The third kappa shape index (κ3) is 10.6. The molecule has 0 bridgehead atoms. The van der Waals surface area contributed by atoms with E-state index in [1.54, 1.807) is 0 Å². The smallest absolute Gasteiger partial charge is 0.394 e. The van der Waals surface area contributed by atoms with Crippen LogP contribution in [0.2, 0.25) is 0 Å². The van der Waals surface area contributed by atoms with Crippen molar-refractivity contribution in [3.05, 3.63) is 0 Å². The number of aliphatic hydroxyl groups excluding tert-OH is 4. The van der Waals surface area contributed by atoms with Crippen LogP contribution in [-0.4, -0.2) is 147 Å². The van der Waals surface area contributed by atoms with E-state index >= 15 is 0 Å². The van der Waals surface area contributed by atoms with E-state index in [0.29, 0.717) is 11.8 Å². The van der Waals surface area contributed by atoms with E-state index in [1.165, 1.54) is 0 Å². The minimum atomic E-state index is -4.91. The zero-order chi connectivity index (χ0) is 20.1. The predicted molar refractivity (Wildman–Crippen MR) is 96.1 cm³/mol. The average Bonchev–Trinajstić information content (AvgIpc) is 2.50. The van der Waals surface area contributed by atoms with Crippen molar-refractivity contribution < 1.29 is 50.8 Å². The molecule has 27 heavy (non-hydrogen) atoms. The molecular weight excluding hydrogens is 457 g/mol. The number of hydrogen-bond donors (Lipinski definition) is 5. The van der Waals surface area contributed by atoms with Crippen LogP contribution in [0.3, 0.4) is 0 Å². The van der Waals surface area contributed by atoms with Crippen LogP contribution < -0.4 is 0 Å². The molecule has 0 spiro atoms. The van der Waals surface area contributed by atoms with Crippen molar-refractivity contribution in [1.82, 2.24) is 0 Å². The van der Waals surface area contributed by atoms with Gasteiger partial charge in [-0.2, -0.15) is 8.42 Å². The molecule has 0 aromatic carbocycles. The fraction of sp³-hybridized carbons (Fsp3) is 0.909. The molecule has 155 valence electrons. The summed E-state index contributed by atoms with van der Waals surface area (Å²) in [4.78, 5) is 0. The fourth-order valence-electron chi connectivity index (χ4n) is 2.00. The van der Waals surface area contributed by atoms with Gasteiger partial charge in [0.05, 0.1) is 12.4 Å². The second kappa shape index (κ2) is 12.1. The van der Waals surface area contributed by atoms with E-state index in [9.17, 15) is 32.2 Å². The Morgan fingerprint density at radius 1 is 1.15 bits per heavy atom. The molecule has 0 unspecified atom stereocenters. The van der Waals surface area contributed by atoms with Gasteiger partial charge in [-0.3, -0.25) is 4.55 Å². The Balaban J connectivity index is 0.00000676. The van der Waals surface area contributed by atoms with Gasteiger partial charge in [0.1, 0.15) is 44.7 Å². The molecule has 1 heterocycles. The summed E-state index contributed by atoms with van der Waals surface area (Å²) in [5.41, 5.74) is -1.27. The standard InChI is InChI=1S/C11H21NO11S3.K/c1-25(17,18)4-2-3-7(12-23-26(19,20)21)24-11-10(16)9(15)8(14)6(5-13)22-11;/h6,8-11,13-16H,2-5H2,1H3,(H,19,20,21);/t6-,8-,9+,10-,11+;/m1./s1. The van der Waals surface area contributed by atoms with Crippen LogP contribution in [0.4, 0.5) is 0 Å². The van der Waals surface area contributed by atoms with Gasteiger partial charge < -0.3 is 25.2 Å². The van der Waals surface area contributed by atoms with Crippen molar-refractivity contribution in [1.29, 1.82) is 0 Å². The van der Waals surface area contributed by atoms with Crippen molar-refractivity contribution in [3.8, 4) is 0 Å². The quantitative estimate of drug-likeness (QED) is 0.0784. The monoisotopic (exact) mass is 478 g/mol. The van der Waals surface area contributed by atoms with Gasteiger partial charge >= 0.3 is 10.4 Å². The third-order valence-corrected chi connectivity index (χ3v) is 5.71. The van der Waals surface area contributed by atoms with Crippen molar-refractivity contribution in [2.75, 3.05) is 18.6 Å². The van der Waals surface area contributed by atoms with Crippen molar-refractivity contribution in [3.63, 3.8) is 0 Å². The Hall–Kier alpha value is 1.12. The summed E-state index contributed by atoms with van der Waals surface area (Å²) >= 11 is 0.590. The van der Waals surface area contributed by atoms with Gasteiger partial charge in [-0.25, -0.2) is 12.7 Å². The maximum absolute atomic E-state index is 11.2. The van der Waals surface area contributed by atoms with Crippen LogP contribution in [0.5, 0.6) is 0 Å². The first kappa shape index (κ1) is 28.1. The zero-order valence-corrected chi connectivity index (χ0v) is 20.1. The minimum Gasteiger partial charge on any atom is -0.394 e. The summed E-state index contributed by atoms with van der Waals surface area (Å²) in [5, 5.41) is 41.6. The maximum atomic E-state index is 11.2. The molecule has 0 aromatic heterocycles. The molecule has 1 rings (SSSR count). The largest absolute Gasteiger partial charge is 0.466 e. The van der Waals surface area contributed by atoms with Crippen LogP contribution in [0, 0.1) is 0 Å². The Kier molecular flexibility index (Phi) is 12.6. The topological polar surface area (TPSA) is 200 Å². The van der Waals surface area contributed by atoms with Gasteiger partial charge in [0.15, 0.2) is 0 Å². The van der Waals surface area contributed by atoms with E-state index in [2.05, 4.69) is 9.44 Å². The summed E-state index contributed by atoms with van der Waals surface area (Å²) in [6, 6.07) is 0. The van der Waals surface area contributed by atoms with Crippen molar-refractivity contribution in [2.24, 2.45) is 5.16 Å². The Morgan fingerprint density at radius 2 is 1.74 bits per heavy atom. The molecule has 1 aliphatic heterocycles. The van der Waals surface area contributed by atoms with E-state index in [0.717, 1.165) is 6.26 Å². The summed E-state index contributed by atoms with van der Waals surface area (Å²) in [6.45, 7) is -0.663. The molecule has 16 heteroatoms. The van der Waals surface area contributed by atoms with Crippen LogP contribution in [0.25, 0.3) is 0 Å². The molecule has 1 radical (unpaired) electrons. The molecular formula is C11H21KNO11S3. The molecule has 0 aliphatic carbocycles. The van der Waals surface area contributed by atoms with Gasteiger partial charge in [0.2, 0.25) is 0 Å². The molecule has 12 nitrogen and oxygen atoms in total. The number of rotatable bonds is 8. The number of sulfone groups is 1. The van der Waals surface area contributed by atoms with Gasteiger partial charge in [-0.1, -0.05) is 16.9 Å². The summed E-state index contributed by atoms with van der Waals surface area (Å²) in [6.07, 6.45) is -5.12. The normalized spacial score (nSPS) is 29.9. The minimum absolute atomic E-state index is 0. The molecule has 1 aliphatic rings. The molecule has 5 atom stereocenters. The number of nitrogens with zero attached hydrogens (tertiary/aromatic N) is 1. The average molecular weight is 479 g/mol. The second-order valence-corrected chi connectivity index (χ2v) is 9.97. The second-order valence-electron chi connectivity index (χ2n) is 5.54. The number of oxime groups is 1. The zero-order valence-electron chi connectivity index (χ0n) is 14.6. The SMILES string of the molecule is CS(=O)(=O)CCCC(=NOS(=O)(=O)O)S[C@@H]1O[C@H](CO)[C@@H](O)[C@H](O)[C@H]1O.[K]. The molecule has 5 N–H and O–H groups in total. The van der Waals surface area contributed by atoms with Crippen LogP contribution in [-0.2, 0) is 29.3 Å². The predicted octanol–water partition coefficient (Wildman–Crippen LogP) is -2.90. The van der Waals surface area contributed by atoms with Gasteiger partial charge in [-0.15, -0.1) is 0 Å². The van der Waals surface area contributed by atoms with Crippen LogP contribution in [0.15, 0.2) is 5.16 Å². The summed E-state index contributed by atoms with van der Waals surface area (Å²) in [5.74, 6) is -0.243. The number of thioether (sulfide) groups is 1. The maximum Gasteiger partial charge on any atom is 0.466 e. The molecule has 0 saturated carbocycles. The first-order valence-electron chi connectivity index (χ1n) is 7.22. The molecule has 0 amide bonds. The van der Waals surface area contributed by atoms with Crippen LogP contribution >= 0.6 is 11.8 Å². The molecule has 1 saturated heterocycles. The Labute approximate surface area is 203 Å². The number of aliphatic hydroxyl groups is 4. The van der Waals surface area contributed by atoms with E-state index in [-0.39, 0.29) is 75.0 Å². The molecule has 0 aromatic rings. The van der Waals surface area contributed by atoms with Crippen molar-refractivity contribution >= 4 is 88.4 Å². The van der Waals surface area contributed by atoms with E-state index < -0.39 is 56.7 Å². The van der Waals surface area contributed by atoms with E-state index in [4.69, 9.17) is 14.4 Å². The fourth-order valence-corrected chi connectivity index (χ4v) is 4.01. The summed E-state index contributed by atoms with van der Waals surface area (Å²) < 4.78 is 61.4. The Morgan fingerprint density at radius 3 is 2.22 bits per heavy atom. The molecule has 1 fully saturated rings.